The fourth-order valence-electron chi connectivity index (χ4n) is 5.68. The third-order valence-corrected chi connectivity index (χ3v) is 8.60. The molecular weight excluding hydrogens is 516 g/mol. The number of hydrogen-bond donors (Lipinski definition) is 2. The van der Waals surface area contributed by atoms with Crippen molar-refractivity contribution < 1.29 is 14.9 Å². The summed E-state index contributed by atoms with van der Waals surface area (Å²) in [5.74, 6) is 0. The highest BCUT2D eigenvalue weighted by Gasteiger charge is 2.18. The fourth-order valence-corrected chi connectivity index (χ4v) is 5.68. The Labute approximate surface area is 264 Å². The van der Waals surface area contributed by atoms with Gasteiger partial charge in [0, 0.05) is 6.61 Å². The second kappa shape index (κ2) is 36.6. The molecule has 0 saturated carbocycles. The number of ether oxygens (including phenoxy) is 1. The molecule has 0 aliphatic rings. The van der Waals surface area contributed by atoms with Gasteiger partial charge in [-0.05, 0) is 64.2 Å². The van der Waals surface area contributed by atoms with Gasteiger partial charge in [-0.3, -0.25) is 0 Å². The van der Waals surface area contributed by atoms with Crippen molar-refractivity contribution in [1.29, 1.82) is 0 Å². The smallest absolute Gasteiger partial charge is 0.103 e. The summed E-state index contributed by atoms with van der Waals surface area (Å²) < 4.78 is 6.01. The Bertz CT molecular complexity index is 544. The lowest BCUT2D eigenvalue weighted by molar-refractivity contribution is -0.0629. The van der Waals surface area contributed by atoms with Crippen LogP contribution >= 0.6 is 0 Å². The van der Waals surface area contributed by atoms with Crippen molar-refractivity contribution >= 4 is 0 Å². The van der Waals surface area contributed by atoms with Crippen LogP contribution in [0.4, 0.5) is 0 Å². The molecule has 0 aliphatic carbocycles. The predicted molar refractivity (Wildman–Crippen MR) is 186 cm³/mol. The maximum absolute atomic E-state index is 10.2. The molecule has 0 saturated heterocycles. The summed E-state index contributed by atoms with van der Waals surface area (Å²) in [4.78, 5) is 0. The van der Waals surface area contributed by atoms with Crippen molar-refractivity contribution in [3.63, 3.8) is 0 Å². The summed E-state index contributed by atoms with van der Waals surface area (Å²) in [6.07, 6.45) is 46.0. The van der Waals surface area contributed by atoms with E-state index in [9.17, 15) is 10.2 Å². The topological polar surface area (TPSA) is 49.7 Å². The van der Waals surface area contributed by atoms with Gasteiger partial charge in [-0.15, -0.1) is 0 Å². The summed E-state index contributed by atoms with van der Waals surface area (Å²) in [6, 6.07) is 0. The lowest BCUT2D eigenvalue weighted by Crippen LogP contribution is -2.32. The largest absolute Gasteiger partial charge is 0.394 e. The van der Waals surface area contributed by atoms with Gasteiger partial charge in [0.15, 0.2) is 0 Å². The maximum atomic E-state index is 10.2. The van der Waals surface area contributed by atoms with Gasteiger partial charge in [0.2, 0.25) is 0 Å². The van der Waals surface area contributed by atoms with Crippen molar-refractivity contribution in [2.24, 2.45) is 0 Å². The first-order chi connectivity index (χ1) is 20.8. The minimum Gasteiger partial charge on any atom is -0.394 e. The molecule has 0 aromatic heterocycles. The van der Waals surface area contributed by atoms with Crippen molar-refractivity contribution in [2.45, 2.75) is 212 Å². The monoisotopic (exact) mass is 593 g/mol. The summed E-state index contributed by atoms with van der Waals surface area (Å²) in [5, 5.41) is 19.6. The number of unbranched alkanes of at least 4 members (excludes halogenated alkanes) is 24. The predicted octanol–water partition coefficient (Wildman–Crippen LogP) is 12.2. The Balaban J connectivity index is 3.56. The van der Waals surface area contributed by atoms with Gasteiger partial charge >= 0.3 is 0 Å². The first-order valence-corrected chi connectivity index (χ1v) is 19.0. The van der Waals surface area contributed by atoms with Gasteiger partial charge in [0.25, 0.3) is 0 Å². The molecule has 0 aromatic carbocycles. The van der Waals surface area contributed by atoms with Crippen molar-refractivity contribution in [2.75, 3.05) is 13.2 Å². The minimum atomic E-state index is -0.748. The second-order valence-corrected chi connectivity index (χ2v) is 12.8. The van der Waals surface area contributed by atoms with E-state index in [-0.39, 0.29) is 12.7 Å². The van der Waals surface area contributed by atoms with Crippen LogP contribution in [0.1, 0.15) is 200 Å². The highest BCUT2D eigenvalue weighted by Crippen LogP contribution is 2.16. The molecule has 2 N–H and O–H groups in total. The highest BCUT2D eigenvalue weighted by atomic mass is 16.5. The van der Waals surface area contributed by atoms with Crippen LogP contribution < -0.4 is 0 Å². The number of allylic oxidation sites excluding steroid dienone is 4. The van der Waals surface area contributed by atoms with E-state index in [1.165, 1.54) is 167 Å². The van der Waals surface area contributed by atoms with Crippen LogP contribution in [-0.4, -0.2) is 35.6 Å². The first kappa shape index (κ1) is 41.4. The van der Waals surface area contributed by atoms with E-state index in [4.69, 9.17) is 4.74 Å². The summed E-state index contributed by atoms with van der Waals surface area (Å²) in [6.45, 7) is 5.06. The van der Waals surface area contributed by atoms with E-state index in [2.05, 4.69) is 38.2 Å². The van der Waals surface area contributed by atoms with E-state index in [0.717, 1.165) is 19.3 Å². The average Bonchev–Trinajstić information content (AvgIpc) is 3.00. The summed E-state index contributed by atoms with van der Waals surface area (Å²) in [7, 11) is 0. The zero-order valence-corrected chi connectivity index (χ0v) is 28.7. The maximum Gasteiger partial charge on any atom is 0.103 e. The SMILES string of the molecule is CCCCCCCCC=CCCCCCCCCOC(CCCCCCCCC=CCCCCCCCC)C(O)CO. The van der Waals surface area contributed by atoms with Crippen molar-refractivity contribution in [3.8, 4) is 0 Å². The van der Waals surface area contributed by atoms with Crippen LogP contribution in [0.15, 0.2) is 24.3 Å². The summed E-state index contributed by atoms with van der Waals surface area (Å²) in [5.41, 5.74) is 0. The molecule has 3 nitrogen and oxygen atoms in total. The molecule has 42 heavy (non-hydrogen) atoms. The van der Waals surface area contributed by atoms with E-state index < -0.39 is 6.10 Å². The quantitative estimate of drug-likeness (QED) is 0.0568. The van der Waals surface area contributed by atoms with E-state index in [1.807, 2.05) is 0 Å². The molecule has 2 unspecified atom stereocenters. The standard InChI is InChI=1S/C39H76O3/c1-3-5-7-9-11-13-15-17-19-21-23-25-27-29-31-33-35-39(38(41)37-40)42-36-34-32-30-28-26-24-22-20-18-16-14-12-10-8-6-4-2/h17-20,38-41H,3-16,21-37H2,1-2H3. The van der Waals surface area contributed by atoms with Crippen molar-refractivity contribution in [3.05, 3.63) is 24.3 Å². The minimum absolute atomic E-state index is 0.204. The third kappa shape index (κ3) is 32.3. The van der Waals surface area contributed by atoms with E-state index in [0.29, 0.717) is 6.61 Å². The van der Waals surface area contributed by atoms with Crippen LogP contribution in [0.25, 0.3) is 0 Å². The van der Waals surface area contributed by atoms with Gasteiger partial charge in [-0.25, -0.2) is 0 Å². The molecule has 0 amide bonds. The van der Waals surface area contributed by atoms with Crippen LogP contribution in [0.5, 0.6) is 0 Å². The van der Waals surface area contributed by atoms with Crippen LogP contribution in [0.2, 0.25) is 0 Å². The molecule has 0 fully saturated rings. The van der Waals surface area contributed by atoms with Crippen LogP contribution in [0, 0.1) is 0 Å². The molecule has 0 radical (unpaired) electrons. The van der Waals surface area contributed by atoms with Gasteiger partial charge < -0.3 is 14.9 Å². The van der Waals surface area contributed by atoms with Gasteiger partial charge in [-0.1, -0.05) is 160 Å². The van der Waals surface area contributed by atoms with Crippen molar-refractivity contribution in [1.82, 2.24) is 0 Å². The van der Waals surface area contributed by atoms with Gasteiger partial charge in [-0.2, -0.15) is 0 Å². The normalized spacial score (nSPS) is 13.5. The molecule has 2 atom stereocenters. The Morgan fingerprint density at radius 1 is 0.452 bits per heavy atom. The number of hydrogen-bond acceptors (Lipinski definition) is 3. The Morgan fingerprint density at radius 3 is 1.17 bits per heavy atom. The number of aliphatic hydroxyl groups excluding tert-OH is 2. The lowest BCUT2D eigenvalue weighted by atomic mass is 10.0. The Morgan fingerprint density at radius 2 is 0.786 bits per heavy atom. The highest BCUT2D eigenvalue weighted by molar-refractivity contribution is 4.82. The zero-order valence-electron chi connectivity index (χ0n) is 28.7. The molecule has 3 heteroatoms. The Kier molecular flexibility index (Phi) is 36.0. The number of aliphatic hydroxyl groups is 2. The molecule has 0 spiro atoms. The fraction of sp³-hybridized carbons (Fsp3) is 0.897. The third-order valence-electron chi connectivity index (χ3n) is 8.60. The van der Waals surface area contributed by atoms with Crippen LogP contribution in [0.3, 0.4) is 0 Å². The van der Waals surface area contributed by atoms with Gasteiger partial charge in [0.05, 0.1) is 12.7 Å². The average molecular weight is 593 g/mol. The molecule has 0 aromatic rings. The lowest BCUT2D eigenvalue weighted by Gasteiger charge is -2.22. The second-order valence-electron chi connectivity index (χ2n) is 12.8. The molecular formula is C39H76O3. The molecule has 0 heterocycles. The zero-order chi connectivity index (χ0) is 30.6. The molecule has 250 valence electrons. The summed E-state index contributed by atoms with van der Waals surface area (Å²) >= 11 is 0. The molecule has 0 rings (SSSR count). The number of rotatable bonds is 35. The van der Waals surface area contributed by atoms with Gasteiger partial charge in [0.1, 0.15) is 6.10 Å². The van der Waals surface area contributed by atoms with Crippen LogP contribution in [-0.2, 0) is 4.74 Å². The Hall–Kier alpha value is -0.640. The van der Waals surface area contributed by atoms with E-state index in [1.54, 1.807) is 0 Å². The first-order valence-electron chi connectivity index (χ1n) is 19.0. The van der Waals surface area contributed by atoms with E-state index >= 15 is 0 Å². The molecule has 0 bridgehead atoms. The molecule has 0 aliphatic heterocycles.